The van der Waals surface area contributed by atoms with E-state index in [2.05, 4.69) is 15.5 Å². The molecule has 2 heterocycles. The van der Waals surface area contributed by atoms with Crippen LogP contribution in [0.15, 0.2) is 24.5 Å². The van der Waals surface area contributed by atoms with Gasteiger partial charge in [0.25, 0.3) is 5.91 Å². The van der Waals surface area contributed by atoms with Crippen molar-refractivity contribution in [3.05, 3.63) is 35.9 Å². The second kappa shape index (κ2) is 7.46. The fourth-order valence-corrected chi connectivity index (χ4v) is 2.78. The van der Waals surface area contributed by atoms with Crippen LogP contribution in [0.3, 0.4) is 0 Å². The van der Waals surface area contributed by atoms with Crippen LogP contribution in [0.4, 0.5) is 10.1 Å². The van der Waals surface area contributed by atoms with Crippen molar-refractivity contribution in [2.45, 2.75) is 6.54 Å². The number of carbonyl (C=O) groups is 2. The Morgan fingerprint density at radius 3 is 2.42 bits per heavy atom. The van der Waals surface area contributed by atoms with Crippen molar-refractivity contribution in [3.63, 3.8) is 0 Å². The molecule has 3 rings (SSSR count). The van der Waals surface area contributed by atoms with Crippen LogP contribution in [0, 0.1) is 5.82 Å². The number of rotatable bonds is 4. The Morgan fingerprint density at radius 2 is 1.85 bits per heavy atom. The predicted molar refractivity (Wildman–Crippen MR) is 91.0 cm³/mol. The molecule has 0 aliphatic carbocycles. The summed E-state index contributed by atoms with van der Waals surface area (Å²) in [7, 11) is 3.61. The van der Waals surface area contributed by atoms with E-state index in [4.69, 9.17) is 0 Å². The molecule has 10 heteroatoms. The molecule has 0 bridgehead atoms. The van der Waals surface area contributed by atoms with Crippen LogP contribution >= 0.6 is 0 Å². The summed E-state index contributed by atoms with van der Waals surface area (Å²) in [5.41, 5.74) is 0.737. The van der Waals surface area contributed by atoms with Crippen LogP contribution in [-0.2, 0) is 11.3 Å². The van der Waals surface area contributed by atoms with Crippen molar-refractivity contribution >= 4 is 17.5 Å². The number of nitrogens with zero attached hydrogens (tertiary/aromatic N) is 7. The van der Waals surface area contributed by atoms with Crippen molar-refractivity contribution in [2.24, 2.45) is 0 Å². The van der Waals surface area contributed by atoms with Crippen molar-refractivity contribution in [3.8, 4) is 0 Å². The van der Waals surface area contributed by atoms with E-state index in [9.17, 15) is 14.0 Å². The third kappa shape index (κ3) is 3.79. The zero-order valence-electron chi connectivity index (χ0n) is 14.7. The molecule has 0 N–H and O–H groups in total. The number of tetrazole rings is 1. The minimum absolute atomic E-state index is 0.0454. The van der Waals surface area contributed by atoms with Gasteiger partial charge < -0.3 is 14.7 Å². The lowest BCUT2D eigenvalue weighted by Crippen LogP contribution is -2.51. The third-order valence-electron chi connectivity index (χ3n) is 4.31. The first-order valence-corrected chi connectivity index (χ1v) is 8.20. The molecule has 0 saturated carbocycles. The van der Waals surface area contributed by atoms with Gasteiger partial charge in [-0.1, -0.05) is 0 Å². The van der Waals surface area contributed by atoms with Crippen LogP contribution in [0.2, 0.25) is 0 Å². The molecule has 0 radical (unpaired) electrons. The smallest absolute Gasteiger partial charge is 0.256 e. The van der Waals surface area contributed by atoms with Gasteiger partial charge in [0.2, 0.25) is 5.91 Å². The number of hydrogen-bond acceptors (Lipinski definition) is 6. The standard InChI is InChI=1S/C16H20FN7O2/c1-21(2)12-3-4-13(14(17)9-12)16(26)23-7-5-22(6-8-23)15(25)10-24-11-18-19-20-24/h3-4,9,11H,5-8,10H2,1-2H3. The fourth-order valence-electron chi connectivity index (χ4n) is 2.78. The molecule has 1 aromatic carbocycles. The van der Waals surface area contributed by atoms with Crippen molar-refractivity contribution in [1.82, 2.24) is 30.0 Å². The zero-order valence-corrected chi connectivity index (χ0v) is 14.7. The number of carbonyl (C=O) groups excluding carboxylic acids is 2. The van der Waals surface area contributed by atoms with Gasteiger partial charge in [0, 0.05) is 46.0 Å². The Kier molecular flexibility index (Phi) is 5.10. The van der Waals surface area contributed by atoms with E-state index < -0.39 is 5.82 Å². The lowest BCUT2D eigenvalue weighted by Gasteiger charge is -2.34. The van der Waals surface area contributed by atoms with Crippen LogP contribution < -0.4 is 4.90 Å². The molecular weight excluding hydrogens is 341 g/mol. The van der Waals surface area contributed by atoms with Gasteiger partial charge in [0.1, 0.15) is 18.7 Å². The highest BCUT2D eigenvalue weighted by molar-refractivity contribution is 5.95. The molecule has 0 spiro atoms. The van der Waals surface area contributed by atoms with Crippen LogP contribution in [0.5, 0.6) is 0 Å². The normalized spacial score (nSPS) is 14.4. The van der Waals surface area contributed by atoms with E-state index in [-0.39, 0.29) is 23.9 Å². The Bertz CT molecular complexity index is 786. The summed E-state index contributed by atoms with van der Waals surface area (Å²) in [6.07, 6.45) is 1.37. The van der Waals surface area contributed by atoms with E-state index in [0.29, 0.717) is 31.9 Å². The van der Waals surface area contributed by atoms with E-state index in [1.54, 1.807) is 20.8 Å². The Labute approximate surface area is 150 Å². The average molecular weight is 361 g/mol. The maximum Gasteiger partial charge on any atom is 0.256 e. The van der Waals surface area contributed by atoms with Crippen LogP contribution in [-0.4, -0.2) is 82.1 Å². The quantitative estimate of drug-likeness (QED) is 0.754. The topological polar surface area (TPSA) is 87.5 Å². The highest BCUT2D eigenvalue weighted by Gasteiger charge is 2.26. The molecule has 1 aromatic heterocycles. The summed E-state index contributed by atoms with van der Waals surface area (Å²) in [5, 5.41) is 10.6. The largest absolute Gasteiger partial charge is 0.378 e. The SMILES string of the molecule is CN(C)c1ccc(C(=O)N2CCN(C(=O)Cn3cnnn3)CC2)c(F)c1. The number of aromatic nitrogens is 4. The zero-order chi connectivity index (χ0) is 18.7. The van der Waals surface area contributed by atoms with Gasteiger partial charge in [-0.15, -0.1) is 5.10 Å². The molecule has 0 unspecified atom stereocenters. The van der Waals surface area contributed by atoms with Gasteiger partial charge >= 0.3 is 0 Å². The molecule has 9 nitrogen and oxygen atoms in total. The van der Waals surface area contributed by atoms with E-state index in [0.717, 1.165) is 0 Å². The van der Waals surface area contributed by atoms with Gasteiger partial charge in [-0.25, -0.2) is 9.07 Å². The van der Waals surface area contributed by atoms with Crippen LogP contribution in [0.1, 0.15) is 10.4 Å². The molecule has 26 heavy (non-hydrogen) atoms. The highest BCUT2D eigenvalue weighted by atomic mass is 19.1. The maximum atomic E-state index is 14.3. The molecule has 0 atom stereocenters. The Hall–Kier alpha value is -3.04. The summed E-state index contributed by atoms with van der Waals surface area (Å²) in [4.78, 5) is 29.8. The fraction of sp³-hybridized carbons (Fsp3) is 0.438. The molecule has 2 aromatic rings. The first-order valence-electron chi connectivity index (χ1n) is 8.20. The minimum Gasteiger partial charge on any atom is -0.378 e. The summed E-state index contributed by atoms with van der Waals surface area (Å²) in [5.74, 6) is -1.02. The van der Waals surface area contributed by atoms with Gasteiger partial charge in [-0.2, -0.15) is 0 Å². The molecule has 2 amide bonds. The molecular formula is C16H20FN7O2. The lowest BCUT2D eigenvalue weighted by molar-refractivity contribution is -0.133. The molecule has 1 aliphatic rings. The number of hydrogen-bond donors (Lipinski definition) is 0. The number of anilines is 1. The van der Waals surface area contributed by atoms with Gasteiger partial charge in [0.15, 0.2) is 0 Å². The van der Waals surface area contributed by atoms with E-state index >= 15 is 0 Å². The molecule has 1 fully saturated rings. The van der Waals surface area contributed by atoms with E-state index in [1.165, 1.54) is 23.1 Å². The van der Waals surface area contributed by atoms with E-state index in [1.807, 2.05) is 14.1 Å². The average Bonchev–Trinajstić information content (AvgIpc) is 3.14. The Morgan fingerprint density at radius 1 is 1.15 bits per heavy atom. The summed E-state index contributed by atoms with van der Waals surface area (Å²) < 4.78 is 15.6. The summed E-state index contributed by atoms with van der Waals surface area (Å²) >= 11 is 0. The second-order valence-electron chi connectivity index (χ2n) is 6.24. The molecule has 138 valence electrons. The molecule has 1 saturated heterocycles. The lowest BCUT2D eigenvalue weighted by atomic mass is 10.1. The monoisotopic (exact) mass is 361 g/mol. The highest BCUT2D eigenvalue weighted by Crippen LogP contribution is 2.19. The predicted octanol–water partition coefficient (Wildman–Crippen LogP) is -0.137. The number of amides is 2. The summed E-state index contributed by atoms with van der Waals surface area (Å²) in [6.45, 7) is 1.56. The number of piperazine rings is 1. The molecule has 1 aliphatic heterocycles. The van der Waals surface area contributed by atoms with Gasteiger partial charge in [-0.05, 0) is 28.6 Å². The van der Waals surface area contributed by atoms with Crippen molar-refractivity contribution < 1.29 is 14.0 Å². The summed E-state index contributed by atoms with van der Waals surface area (Å²) in [6, 6.07) is 4.56. The van der Waals surface area contributed by atoms with Crippen molar-refractivity contribution in [1.29, 1.82) is 0 Å². The van der Waals surface area contributed by atoms with Crippen LogP contribution in [0.25, 0.3) is 0 Å². The number of benzene rings is 1. The van der Waals surface area contributed by atoms with Crippen molar-refractivity contribution in [2.75, 3.05) is 45.2 Å². The third-order valence-corrected chi connectivity index (χ3v) is 4.31. The number of halogens is 1. The Balaban J connectivity index is 1.59. The minimum atomic E-state index is -0.543. The first kappa shape index (κ1) is 17.8. The van der Waals surface area contributed by atoms with Gasteiger partial charge in [0.05, 0.1) is 5.56 Å². The second-order valence-corrected chi connectivity index (χ2v) is 6.24. The first-order chi connectivity index (χ1) is 12.5. The van der Waals surface area contributed by atoms with Gasteiger partial charge in [-0.3, -0.25) is 9.59 Å². The maximum absolute atomic E-state index is 14.3.